The third kappa shape index (κ3) is 3.88. The molecule has 0 aliphatic carbocycles. The molecule has 1 aromatic heterocycles. The third-order valence-corrected chi connectivity index (χ3v) is 3.12. The lowest BCUT2D eigenvalue weighted by Gasteiger charge is -2.14. The number of nitrogens with one attached hydrogen (secondary N) is 2. The monoisotopic (exact) mass is 237 g/mol. The summed E-state index contributed by atoms with van der Waals surface area (Å²) in [4.78, 5) is 12.1. The van der Waals surface area contributed by atoms with Crippen molar-refractivity contribution < 1.29 is 4.79 Å². The number of unbranched alkanes of at least 4 members (excludes halogenated alkanes) is 1. The molecule has 1 amide bonds. The Kier molecular flexibility index (Phi) is 5.73. The van der Waals surface area contributed by atoms with Crippen LogP contribution in [0, 0.1) is 5.92 Å². The molecule has 4 heteroatoms. The Labute approximate surface area is 103 Å². The van der Waals surface area contributed by atoms with E-state index in [1.54, 1.807) is 6.20 Å². The number of aromatic amines is 1. The maximum atomic E-state index is 12.1. The number of carbonyl (C=O) groups is 1. The van der Waals surface area contributed by atoms with E-state index in [0.717, 1.165) is 43.5 Å². The SMILES string of the molecule is CCCCC(CC)C(=O)Nc1[nH]ncc1CC. The first-order chi connectivity index (χ1) is 8.22. The summed E-state index contributed by atoms with van der Waals surface area (Å²) < 4.78 is 0. The summed E-state index contributed by atoms with van der Waals surface area (Å²) in [7, 11) is 0. The Hall–Kier alpha value is -1.32. The molecule has 1 rings (SSSR count). The summed E-state index contributed by atoms with van der Waals surface area (Å²) in [6.45, 7) is 6.26. The number of rotatable bonds is 7. The molecule has 1 aromatic rings. The van der Waals surface area contributed by atoms with Gasteiger partial charge in [-0.2, -0.15) is 5.10 Å². The zero-order valence-corrected chi connectivity index (χ0v) is 11.0. The summed E-state index contributed by atoms with van der Waals surface area (Å²) in [5, 5.41) is 9.74. The van der Waals surface area contributed by atoms with E-state index >= 15 is 0 Å². The fourth-order valence-electron chi connectivity index (χ4n) is 1.88. The summed E-state index contributed by atoms with van der Waals surface area (Å²) in [6.07, 6.45) is 6.74. The Balaban J connectivity index is 2.57. The van der Waals surface area contributed by atoms with Crippen LogP contribution in [0.3, 0.4) is 0 Å². The van der Waals surface area contributed by atoms with Gasteiger partial charge in [0, 0.05) is 11.5 Å². The van der Waals surface area contributed by atoms with Gasteiger partial charge >= 0.3 is 0 Å². The average molecular weight is 237 g/mol. The van der Waals surface area contributed by atoms with Gasteiger partial charge in [0.15, 0.2) is 0 Å². The van der Waals surface area contributed by atoms with Crippen LogP contribution in [-0.2, 0) is 11.2 Å². The van der Waals surface area contributed by atoms with E-state index in [0.29, 0.717) is 0 Å². The highest BCUT2D eigenvalue weighted by Gasteiger charge is 2.17. The molecule has 1 unspecified atom stereocenters. The van der Waals surface area contributed by atoms with Gasteiger partial charge in [0.25, 0.3) is 0 Å². The molecule has 96 valence electrons. The lowest BCUT2D eigenvalue weighted by atomic mass is 9.98. The molecule has 0 aliphatic heterocycles. The van der Waals surface area contributed by atoms with E-state index in [2.05, 4.69) is 36.3 Å². The fourth-order valence-corrected chi connectivity index (χ4v) is 1.88. The van der Waals surface area contributed by atoms with Crippen molar-refractivity contribution in [3.8, 4) is 0 Å². The topological polar surface area (TPSA) is 57.8 Å². The lowest BCUT2D eigenvalue weighted by Crippen LogP contribution is -2.23. The van der Waals surface area contributed by atoms with Crippen molar-refractivity contribution >= 4 is 11.7 Å². The maximum Gasteiger partial charge on any atom is 0.228 e. The minimum atomic E-state index is 0.111. The number of carbonyl (C=O) groups excluding carboxylic acids is 1. The van der Waals surface area contributed by atoms with Gasteiger partial charge in [-0.1, -0.05) is 33.6 Å². The van der Waals surface area contributed by atoms with Crippen LogP contribution in [0.25, 0.3) is 0 Å². The second-order valence-corrected chi connectivity index (χ2v) is 4.36. The molecule has 1 heterocycles. The summed E-state index contributed by atoms with van der Waals surface area (Å²) in [5.74, 6) is 0.982. The predicted octanol–water partition coefficient (Wildman–Crippen LogP) is 3.13. The fraction of sp³-hybridized carbons (Fsp3) is 0.692. The standard InChI is InChI=1S/C13H23N3O/c1-4-7-8-10(5-2)13(17)15-12-11(6-3)9-14-16-12/h9-10H,4-8H2,1-3H3,(H2,14,15,16,17). The Bertz CT molecular complexity index is 346. The first-order valence-corrected chi connectivity index (χ1v) is 6.55. The number of hydrogen-bond acceptors (Lipinski definition) is 2. The van der Waals surface area contributed by atoms with Gasteiger partial charge in [-0.3, -0.25) is 9.89 Å². The van der Waals surface area contributed by atoms with Crippen LogP contribution in [0.4, 0.5) is 5.82 Å². The minimum absolute atomic E-state index is 0.111. The quantitative estimate of drug-likeness (QED) is 0.765. The molecule has 1 atom stereocenters. The number of aryl methyl sites for hydroxylation is 1. The Morgan fingerprint density at radius 3 is 2.82 bits per heavy atom. The molecule has 0 bridgehead atoms. The summed E-state index contributed by atoms with van der Waals surface area (Å²) >= 11 is 0. The number of nitrogens with zero attached hydrogens (tertiary/aromatic N) is 1. The highest BCUT2D eigenvalue weighted by molar-refractivity contribution is 5.92. The van der Waals surface area contributed by atoms with Crippen molar-refractivity contribution in [2.75, 3.05) is 5.32 Å². The number of H-pyrrole nitrogens is 1. The molecule has 4 nitrogen and oxygen atoms in total. The minimum Gasteiger partial charge on any atom is -0.311 e. The van der Waals surface area contributed by atoms with Crippen LogP contribution in [0.1, 0.15) is 52.0 Å². The average Bonchev–Trinajstić information content (AvgIpc) is 2.77. The maximum absolute atomic E-state index is 12.1. The Morgan fingerprint density at radius 1 is 1.47 bits per heavy atom. The van der Waals surface area contributed by atoms with Crippen LogP contribution >= 0.6 is 0 Å². The molecule has 0 radical (unpaired) electrons. The van der Waals surface area contributed by atoms with Gasteiger partial charge in [-0.25, -0.2) is 0 Å². The van der Waals surface area contributed by atoms with Crippen molar-refractivity contribution in [3.05, 3.63) is 11.8 Å². The van der Waals surface area contributed by atoms with E-state index in [1.807, 2.05) is 0 Å². The van der Waals surface area contributed by atoms with Crippen molar-refractivity contribution in [1.29, 1.82) is 0 Å². The molecule has 0 aromatic carbocycles. The Morgan fingerprint density at radius 2 is 2.24 bits per heavy atom. The second-order valence-electron chi connectivity index (χ2n) is 4.36. The van der Waals surface area contributed by atoms with E-state index in [9.17, 15) is 4.79 Å². The number of aromatic nitrogens is 2. The van der Waals surface area contributed by atoms with Gasteiger partial charge in [0.05, 0.1) is 6.20 Å². The molecular formula is C13H23N3O. The summed E-state index contributed by atoms with van der Waals surface area (Å²) in [6, 6.07) is 0. The molecule has 17 heavy (non-hydrogen) atoms. The second kappa shape index (κ2) is 7.09. The first-order valence-electron chi connectivity index (χ1n) is 6.55. The highest BCUT2D eigenvalue weighted by Crippen LogP contribution is 2.17. The van der Waals surface area contributed by atoms with Crippen LogP contribution < -0.4 is 5.32 Å². The smallest absolute Gasteiger partial charge is 0.228 e. The highest BCUT2D eigenvalue weighted by atomic mass is 16.1. The van der Waals surface area contributed by atoms with Gasteiger partial charge in [-0.05, 0) is 19.3 Å². The predicted molar refractivity (Wildman–Crippen MR) is 69.9 cm³/mol. The molecule has 0 fully saturated rings. The molecule has 0 spiro atoms. The van der Waals surface area contributed by atoms with Crippen molar-refractivity contribution in [2.24, 2.45) is 5.92 Å². The largest absolute Gasteiger partial charge is 0.311 e. The van der Waals surface area contributed by atoms with E-state index in [-0.39, 0.29) is 11.8 Å². The molecule has 0 saturated heterocycles. The van der Waals surface area contributed by atoms with Gasteiger partial charge in [0.1, 0.15) is 5.82 Å². The summed E-state index contributed by atoms with van der Waals surface area (Å²) in [5.41, 5.74) is 1.06. The third-order valence-electron chi connectivity index (χ3n) is 3.12. The van der Waals surface area contributed by atoms with Crippen LogP contribution in [-0.4, -0.2) is 16.1 Å². The first kappa shape index (κ1) is 13.7. The zero-order chi connectivity index (χ0) is 12.7. The van der Waals surface area contributed by atoms with Crippen LogP contribution in [0.5, 0.6) is 0 Å². The van der Waals surface area contributed by atoms with Crippen molar-refractivity contribution in [3.63, 3.8) is 0 Å². The number of amides is 1. The molecule has 0 aliphatic rings. The van der Waals surface area contributed by atoms with Crippen LogP contribution in [0.2, 0.25) is 0 Å². The molecule has 0 saturated carbocycles. The number of anilines is 1. The van der Waals surface area contributed by atoms with E-state index < -0.39 is 0 Å². The molecular weight excluding hydrogens is 214 g/mol. The van der Waals surface area contributed by atoms with Crippen molar-refractivity contribution in [2.45, 2.75) is 52.9 Å². The van der Waals surface area contributed by atoms with Gasteiger partial charge in [0.2, 0.25) is 5.91 Å². The number of hydrogen-bond donors (Lipinski definition) is 2. The molecule has 2 N–H and O–H groups in total. The zero-order valence-electron chi connectivity index (χ0n) is 11.0. The normalized spacial score (nSPS) is 12.4. The van der Waals surface area contributed by atoms with Gasteiger partial charge in [-0.15, -0.1) is 0 Å². The van der Waals surface area contributed by atoms with E-state index in [4.69, 9.17) is 0 Å². The lowest BCUT2D eigenvalue weighted by molar-refractivity contribution is -0.120. The van der Waals surface area contributed by atoms with E-state index in [1.165, 1.54) is 0 Å². The van der Waals surface area contributed by atoms with Crippen LogP contribution in [0.15, 0.2) is 6.20 Å². The van der Waals surface area contributed by atoms with Gasteiger partial charge < -0.3 is 5.32 Å². The van der Waals surface area contributed by atoms with Crippen molar-refractivity contribution in [1.82, 2.24) is 10.2 Å².